The van der Waals surface area contributed by atoms with E-state index in [9.17, 15) is 22.4 Å². The lowest BCUT2D eigenvalue weighted by atomic mass is 10.1. The number of pyridine rings is 1. The van der Waals surface area contributed by atoms with Gasteiger partial charge in [0.2, 0.25) is 0 Å². The summed E-state index contributed by atoms with van der Waals surface area (Å²) in [5.41, 5.74) is -0.903. The summed E-state index contributed by atoms with van der Waals surface area (Å²) >= 11 is 0. The van der Waals surface area contributed by atoms with E-state index in [2.05, 4.69) is 10.3 Å². The van der Waals surface area contributed by atoms with Crippen LogP contribution >= 0.6 is 0 Å². The monoisotopic (exact) mass is 298 g/mol. The molecule has 7 heteroatoms. The van der Waals surface area contributed by atoms with Crippen LogP contribution in [0.2, 0.25) is 0 Å². The highest BCUT2D eigenvalue weighted by Gasteiger charge is 2.32. The topological polar surface area (TPSA) is 42.0 Å². The van der Waals surface area contributed by atoms with Crippen molar-refractivity contribution in [3.63, 3.8) is 0 Å². The van der Waals surface area contributed by atoms with E-state index < -0.39 is 23.6 Å². The number of benzene rings is 1. The van der Waals surface area contributed by atoms with Crippen LogP contribution in [0, 0.1) is 12.7 Å². The summed E-state index contributed by atoms with van der Waals surface area (Å²) in [5, 5.41) is 2.30. The largest absolute Gasteiger partial charge is 0.433 e. The number of halogens is 4. The Kier molecular flexibility index (Phi) is 3.93. The van der Waals surface area contributed by atoms with Gasteiger partial charge in [0.1, 0.15) is 11.5 Å². The van der Waals surface area contributed by atoms with Crippen LogP contribution in [0.3, 0.4) is 0 Å². The van der Waals surface area contributed by atoms with Crippen molar-refractivity contribution >= 4 is 11.6 Å². The number of aryl methyl sites for hydroxylation is 1. The number of carbonyl (C=O) groups excluding carboxylic acids is 1. The molecule has 1 aromatic heterocycles. The maximum absolute atomic E-state index is 13.7. The van der Waals surface area contributed by atoms with Gasteiger partial charge in [0.15, 0.2) is 0 Å². The van der Waals surface area contributed by atoms with Crippen LogP contribution in [-0.4, -0.2) is 10.9 Å². The van der Waals surface area contributed by atoms with Crippen LogP contribution in [0.5, 0.6) is 0 Å². The van der Waals surface area contributed by atoms with Crippen molar-refractivity contribution in [3.05, 3.63) is 59.2 Å². The van der Waals surface area contributed by atoms with E-state index in [1.807, 2.05) is 0 Å². The zero-order valence-electron chi connectivity index (χ0n) is 10.8. The number of rotatable bonds is 2. The van der Waals surface area contributed by atoms with Crippen LogP contribution in [0.15, 0.2) is 36.5 Å². The number of amides is 1. The van der Waals surface area contributed by atoms with E-state index >= 15 is 0 Å². The van der Waals surface area contributed by atoms with Gasteiger partial charge in [-0.2, -0.15) is 13.2 Å². The zero-order valence-corrected chi connectivity index (χ0v) is 10.8. The lowest BCUT2D eigenvalue weighted by Crippen LogP contribution is -2.15. The van der Waals surface area contributed by atoms with Crippen LogP contribution in [0.25, 0.3) is 0 Å². The predicted octanol–water partition coefficient (Wildman–Crippen LogP) is 3.80. The number of anilines is 1. The molecule has 1 heterocycles. The first kappa shape index (κ1) is 15.0. The lowest BCUT2D eigenvalue weighted by molar-refractivity contribution is -0.141. The Hall–Kier alpha value is -2.44. The van der Waals surface area contributed by atoms with Gasteiger partial charge in [0.25, 0.3) is 5.91 Å². The van der Waals surface area contributed by atoms with E-state index in [4.69, 9.17) is 0 Å². The van der Waals surface area contributed by atoms with Crippen molar-refractivity contribution in [1.29, 1.82) is 0 Å². The molecular weight excluding hydrogens is 288 g/mol. The molecule has 0 radical (unpaired) electrons. The molecular formula is C14H10F4N2O. The van der Waals surface area contributed by atoms with Gasteiger partial charge in [-0.3, -0.25) is 4.79 Å². The third-order valence-corrected chi connectivity index (χ3v) is 2.75. The van der Waals surface area contributed by atoms with Crippen molar-refractivity contribution in [2.75, 3.05) is 5.32 Å². The fraction of sp³-hybridized carbons (Fsp3) is 0.143. The highest BCUT2D eigenvalue weighted by Crippen LogP contribution is 2.27. The molecule has 1 N–H and O–H groups in total. The normalized spacial score (nSPS) is 11.3. The minimum Gasteiger partial charge on any atom is -0.320 e. The van der Waals surface area contributed by atoms with E-state index in [1.54, 1.807) is 0 Å². The van der Waals surface area contributed by atoms with Gasteiger partial charge >= 0.3 is 6.18 Å². The van der Waals surface area contributed by atoms with Crippen LogP contribution in [0.4, 0.5) is 23.2 Å². The Morgan fingerprint density at radius 1 is 1.19 bits per heavy atom. The standard InChI is InChI=1S/C14H10F4N2O/c1-8-3-2-4-10(12(8)15)13(21)20-9-5-6-11(19-7-9)14(16,17)18/h2-7H,1H3,(H,20,21). The summed E-state index contributed by atoms with van der Waals surface area (Å²) < 4.78 is 50.8. The molecule has 0 bridgehead atoms. The average Bonchev–Trinajstić information content (AvgIpc) is 2.41. The number of hydrogen-bond acceptors (Lipinski definition) is 2. The second-order valence-electron chi connectivity index (χ2n) is 4.32. The van der Waals surface area contributed by atoms with Crippen molar-refractivity contribution in [1.82, 2.24) is 4.98 Å². The number of alkyl halides is 3. The summed E-state index contributed by atoms with van der Waals surface area (Å²) in [4.78, 5) is 15.1. The number of hydrogen-bond donors (Lipinski definition) is 1. The summed E-state index contributed by atoms with van der Waals surface area (Å²) in [6.07, 6.45) is -3.68. The molecule has 1 aromatic carbocycles. The molecule has 0 atom stereocenters. The van der Waals surface area contributed by atoms with Crippen LogP contribution in [-0.2, 0) is 6.18 Å². The average molecular weight is 298 g/mol. The van der Waals surface area contributed by atoms with Gasteiger partial charge in [-0.25, -0.2) is 9.37 Å². The highest BCUT2D eigenvalue weighted by molar-refractivity contribution is 6.04. The zero-order chi connectivity index (χ0) is 15.6. The van der Waals surface area contributed by atoms with Gasteiger partial charge in [0.05, 0.1) is 17.4 Å². The first-order chi connectivity index (χ1) is 9.79. The second-order valence-corrected chi connectivity index (χ2v) is 4.32. The van der Waals surface area contributed by atoms with Crippen LogP contribution in [0.1, 0.15) is 21.6 Å². The Morgan fingerprint density at radius 2 is 1.90 bits per heavy atom. The van der Waals surface area contributed by atoms with Crippen molar-refractivity contribution in [3.8, 4) is 0 Å². The molecule has 0 aliphatic carbocycles. The van der Waals surface area contributed by atoms with Gasteiger partial charge in [-0.05, 0) is 30.7 Å². The lowest BCUT2D eigenvalue weighted by Gasteiger charge is -2.09. The molecule has 3 nitrogen and oxygen atoms in total. The van der Waals surface area contributed by atoms with Crippen molar-refractivity contribution < 1.29 is 22.4 Å². The summed E-state index contributed by atoms with van der Waals surface area (Å²) in [5.74, 6) is -1.42. The predicted molar refractivity (Wildman–Crippen MR) is 68.3 cm³/mol. The summed E-state index contributed by atoms with van der Waals surface area (Å²) in [6.45, 7) is 1.51. The molecule has 2 aromatic rings. The first-order valence-corrected chi connectivity index (χ1v) is 5.89. The second kappa shape index (κ2) is 5.51. The van der Waals surface area contributed by atoms with Crippen molar-refractivity contribution in [2.45, 2.75) is 13.1 Å². The molecule has 21 heavy (non-hydrogen) atoms. The summed E-state index contributed by atoms with van der Waals surface area (Å²) in [7, 11) is 0. The van der Waals surface area contributed by atoms with E-state index in [0.717, 1.165) is 18.3 Å². The summed E-state index contributed by atoms with van der Waals surface area (Å²) in [6, 6.07) is 6.10. The Balaban J connectivity index is 2.18. The minimum absolute atomic E-state index is 0.0499. The fourth-order valence-corrected chi connectivity index (χ4v) is 1.66. The van der Waals surface area contributed by atoms with Gasteiger partial charge in [-0.1, -0.05) is 12.1 Å². The van der Waals surface area contributed by atoms with Gasteiger partial charge in [0, 0.05) is 0 Å². The number of aromatic nitrogens is 1. The Morgan fingerprint density at radius 3 is 2.48 bits per heavy atom. The molecule has 0 spiro atoms. The third kappa shape index (κ3) is 3.36. The maximum Gasteiger partial charge on any atom is 0.433 e. The third-order valence-electron chi connectivity index (χ3n) is 2.75. The van der Waals surface area contributed by atoms with E-state index in [0.29, 0.717) is 5.56 Å². The quantitative estimate of drug-likeness (QED) is 0.857. The molecule has 2 rings (SSSR count). The Labute approximate surface area is 117 Å². The minimum atomic E-state index is -4.55. The fourth-order valence-electron chi connectivity index (χ4n) is 1.66. The SMILES string of the molecule is Cc1cccc(C(=O)Nc2ccc(C(F)(F)F)nc2)c1F. The van der Waals surface area contributed by atoms with Crippen molar-refractivity contribution in [2.24, 2.45) is 0 Å². The highest BCUT2D eigenvalue weighted by atomic mass is 19.4. The molecule has 0 saturated heterocycles. The number of carbonyl (C=O) groups is 1. The number of nitrogens with zero attached hydrogens (tertiary/aromatic N) is 1. The smallest absolute Gasteiger partial charge is 0.320 e. The van der Waals surface area contributed by atoms with Gasteiger partial charge < -0.3 is 5.32 Å². The van der Waals surface area contributed by atoms with Gasteiger partial charge in [-0.15, -0.1) is 0 Å². The molecule has 110 valence electrons. The molecule has 1 amide bonds. The molecule has 0 saturated carbocycles. The molecule has 0 fully saturated rings. The maximum atomic E-state index is 13.7. The molecule has 0 aliphatic rings. The molecule has 0 unspecified atom stereocenters. The van der Waals surface area contributed by atoms with Crippen LogP contribution < -0.4 is 5.32 Å². The van der Waals surface area contributed by atoms with E-state index in [1.165, 1.54) is 25.1 Å². The number of nitrogens with one attached hydrogen (secondary N) is 1. The first-order valence-electron chi connectivity index (χ1n) is 5.89. The Bertz CT molecular complexity index is 666. The van der Waals surface area contributed by atoms with E-state index in [-0.39, 0.29) is 11.3 Å². The molecule has 0 aliphatic heterocycles.